The number of nitrogens with zero attached hydrogens (tertiary/aromatic N) is 14. The Balaban J connectivity index is 0.000000201. The molecule has 20 nitrogen and oxygen atoms in total. The second-order valence-corrected chi connectivity index (χ2v) is 20.2. The summed E-state index contributed by atoms with van der Waals surface area (Å²) in [5.74, 6) is -2.48. The van der Waals surface area contributed by atoms with Crippen molar-refractivity contribution in [1.82, 2.24) is 68.2 Å². The minimum absolute atomic E-state index is 0. The van der Waals surface area contributed by atoms with Gasteiger partial charge in [-0.3, -0.25) is 18.4 Å². The molecular weight excluding hydrogens is 1190 g/mol. The van der Waals surface area contributed by atoms with Crippen LogP contribution in [0.3, 0.4) is 0 Å². The van der Waals surface area contributed by atoms with Gasteiger partial charge in [-0.25, -0.2) is 66.8 Å². The number of fused-ring (bicyclic) bond motifs is 4. The summed E-state index contributed by atoms with van der Waals surface area (Å²) >= 11 is 1.62. The van der Waals surface area contributed by atoms with Gasteiger partial charge in [-0.05, 0) is 73.5 Å². The zero-order valence-electron chi connectivity index (χ0n) is 42.6. The molecule has 0 amide bonds. The van der Waals surface area contributed by atoms with E-state index < -0.39 is 72.0 Å². The summed E-state index contributed by atoms with van der Waals surface area (Å²) in [6.07, 6.45) is -2.15. The van der Waals surface area contributed by atoms with Crippen LogP contribution in [-0.2, 0) is 0 Å². The summed E-state index contributed by atoms with van der Waals surface area (Å²) in [5.41, 5.74) is 12.9. The molecule has 2 atom stereocenters. The first-order chi connectivity index (χ1) is 40.0. The first-order valence-corrected chi connectivity index (χ1v) is 25.9. The van der Waals surface area contributed by atoms with E-state index in [2.05, 4.69) is 50.1 Å². The topological polar surface area (TPSA) is 252 Å². The standard InChI is InChI=1S/2C26H17F5N8O2S.2CH4/c2*1-12(20-18(13-3-2-4-14(27)7-13)24(40)38-9-15(28)5-6-17(38)36-20)39-23-19(22(32)34-11-35-23)21(37-39)16-8-33-25(42-16)41-10-26(29,30)31;;/h2*2-9,11-12H,10H2,1H3,(H2,32,34,35);2*1H4/t2*12-;;/m10../s1. The van der Waals surface area contributed by atoms with Crippen LogP contribution in [-0.4, -0.2) is 93.8 Å². The van der Waals surface area contributed by atoms with Gasteiger partial charge in [0.15, 0.2) is 24.5 Å². The van der Waals surface area contributed by atoms with E-state index in [0.717, 1.165) is 68.1 Å². The molecule has 2 aromatic carbocycles. The van der Waals surface area contributed by atoms with Crippen LogP contribution in [0.5, 0.6) is 10.4 Å². The molecule has 86 heavy (non-hydrogen) atoms. The molecule has 444 valence electrons. The number of hydrogen-bond acceptors (Lipinski definition) is 18. The molecule has 12 rings (SSSR count). The summed E-state index contributed by atoms with van der Waals surface area (Å²) in [5, 5.41) is 9.36. The van der Waals surface area contributed by atoms with E-state index in [0.29, 0.717) is 9.75 Å². The number of halogens is 10. The van der Waals surface area contributed by atoms with Crippen LogP contribution in [0, 0.1) is 23.3 Å². The molecule has 10 aromatic heterocycles. The van der Waals surface area contributed by atoms with E-state index in [1.54, 1.807) is 13.8 Å². The summed E-state index contributed by atoms with van der Waals surface area (Å²) in [4.78, 5) is 61.7. The number of thiazole rings is 2. The molecule has 12 aromatic rings. The molecule has 0 saturated carbocycles. The predicted molar refractivity (Wildman–Crippen MR) is 300 cm³/mol. The van der Waals surface area contributed by atoms with Gasteiger partial charge in [0.2, 0.25) is 0 Å². The number of alkyl halides is 6. The van der Waals surface area contributed by atoms with Gasteiger partial charge in [0, 0.05) is 12.4 Å². The lowest BCUT2D eigenvalue weighted by molar-refractivity contribution is -0.154. The second-order valence-electron chi connectivity index (χ2n) is 18.2. The van der Waals surface area contributed by atoms with Crippen LogP contribution in [0.1, 0.15) is 52.2 Å². The minimum atomic E-state index is -4.55. The molecule has 0 bridgehead atoms. The molecule has 0 aliphatic heterocycles. The highest BCUT2D eigenvalue weighted by Gasteiger charge is 2.33. The molecule has 0 fully saturated rings. The van der Waals surface area contributed by atoms with Gasteiger partial charge >= 0.3 is 12.4 Å². The van der Waals surface area contributed by atoms with Crippen molar-refractivity contribution >= 4 is 67.7 Å². The minimum Gasteiger partial charge on any atom is -0.460 e. The number of nitrogens with two attached hydrogens (primary N) is 2. The highest BCUT2D eigenvalue weighted by Crippen LogP contribution is 2.41. The van der Waals surface area contributed by atoms with E-state index in [1.165, 1.54) is 82.9 Å². The van der Waals surface area contributed by atoms with E-state index in [4.69, 9.17) is 20.9 Å². The molecule has 0 spiro atoms. The van der Waals surface area contributed by atoms with Crippen LogP contribution >= 0.6 is 22.7 Å². The van der Waals surface area contributed by atoms with Gasteiger partial charge in [0.05, 0.1) is 67.5 Å². The van der Waals surface area contributed by atoms with Crippen LogP contribution < -0.4 is 32.1 Å². The molecule has 0 radical (unpaired) electrons. The first-order valence-electron chi connectivity index (χ1n) is 24.2. The number of benzene rings is 2. The monoisotopic (exact) mass is 1230 g/mol. The van der Waals surface area contributed by atoms with Crippen molar-refractivity contribution in [1.29, 1.82) is 0 Å². The average Bonchev–Trinajstić information content (AvgIpc) is 1.46. The fourth-order valence-corrected chi connectivity index (χ4v) is 10.5. The van der Waals surface area contributed by atoms with Crippen LogP contribution in [0.25, 0.3) is 76.8 Å². The molecular formula is C54H42F10N16O4S2. The summed E-state index contributed by atoms with van der Waals surface area (Å²) < 4.78 is 147. The van der Waals surface area contributed by atoms with Crippen LogP contribution in [0.15, 0.2) is 120 Å². The van der Waals surface area contributed by atoms with Crippen LogP contribution in [0.4, 0.5) is 55.5 Å². The van der Waals surface area contributed by atoms with Gasteiger partial charge in [0.25, 0.3) is 21.5 Å². The lowest BCUT2D eigenvalue weighted by Crippen LogP contribution is -2.23. The predicted octanol–water partition coefficient (Wildman–Crippen LogP) is 11.3. The van der Waals surface area contributed by atoms with Crippen molar-refractivity contribution in [2.75, 3.05) is 24.7 Å². The van der Waals surface area contributed by atoms with Gasteiger partial charge in [-0.15, -0.1) is 0 Å². The molecule has 0 unspecified atom stereocenters. The zero-order valence-corrected chi connectivity index (χ0v) is 44.2. The highest BCUT2D eigenvalue weighted by molar-refractivity contribution is 7.17. The fourth-order valence-electron chi connectivity index (χ4n) is 8.96. The smallest absolute Gasteiger partial charge is 0.422 e. The van der Waals surface area contributed by atoms with E-state index in [-0.39, 0.29) is 115 Å². The molecule has 0 aliphatic carbocycles. The van der Waals surface area contributed by atoms with Crippen molar-refractivity contribution in [3.05, 3.63) is 166 Å². The van der Waals surface area contributed by atoms with Crippen molar-refractivity contribution in [3.63, 3.8) is 0 Å². The number of hydrogen-bond donors (Lipinski definition) is 2. The van der Waals surface area contributed by atoms with Gasteiger partial charge in [-0.1, -0.05) is 61.8 Å². The Morgan fingerprint density at radius 2 is 0.942 bits per heavy atom. The van der Waals surface area contributed by atoms with Gasteiger partial charge in [-0.2, -0.15) is 36.5 Å². The van der Waals surface area contributed by atoms with Gasteiger partial charge < -0.3 is 20.9 Å². The number of nitrogen functional groups attached to an aromatic ring is 2. The number of pyridine rings is 2. The van der Waals surface area contributed by atoms with Gasteiger partial charge in [0.1, 0.15) is 70.2 Å². The Labute approximate surface area is 484 Å². The third kappa shape index (κ3) is 11.9. The Morgan fingerprint density at radius 3 is 1.31 bits per heavy atom. The largest absolute Gasteiger partial charge is 0.460 e. The quantitative estimate of drug-likeness (QED) is 0.108. The maximum Gasteiger partial charge on any atom is 0.422 e. The first kappa shape index (κ1) is 60.6. The molecule has 4 N–H and O–H groups in total. The zero-order chi connectivity index (χ0) is 59.5. The number of ether oxygens (including phenoxy) is 2. The average molecular weight is 1230 g/mol. The van der Waals surface area contributed by atoms with Crippen LogP contribution in [0.2, 0.25) is 0 Å². The van der Waals surface area contributed by atoms with Crippen molar-refractivity contribution in [3.8, 4) is 53.8 Å². The van der Waals surface area contributed by atoms with Crippen molar-refractivity contribution in [2.45, 2.75) is 53.1 Å². The third-order valence-electron chi connectivity index (χ3n) is 12.6. The molecule has 0 saturated heterocycles. The van der Waals surface area contributed by atoms with E-state index in [1.807, 2.05) is 0 Å². The SMILES string of the molecule is C.C.C[C@@H](c1nc2ccc(F)cn2c(=O)c1-c1cccc(F)c1)n1nc(-c2cnc(OCC(F)(F)F)s2)c2c(N)ncnc21.C[C@H](c1nc2ccc(F)cn2c(=O)c1-c1cccc(F)c1)n1nc(-c2cnc(OCC(F)(F)F)s2)c2c(N)ncnc21. The lowest BCUT2D eigenvalue weighted by Gasteiger charge is -2.18. The van der Waals surface area contributed by atoms with E-state index >= 15 is 0 Å². The Morgan fingerprint density at radius 1 is 0.547 bits per heavy atom. The normalized spacial score (nSPS) is 12.4. The molecule has 10 heterocycles. The Bertz CT molecular complexity index is 4370. The van der Waals surface area contributed by atoms with Crippen molar-refractivity contribution < 1.29 is 53.4 Å². The maximum absolute atomic E-state index is 14.3. The summed E-state index contributed by atoms with van der Waals surface area (Å²) in [6.45, 7) is 0.300. The third-order valence-corrected chi connectivity index (χ3v) is 14.4. The maximum atomic E-state index is 14.3. The molecule has 32 heteroatoms. The number of aromatic nitrogens is 14. The second kappa shape index (κ2) is 23.6. The lowest BCUT2D eigenvalue weighted by atomic mass is 10.0. The van der Waals surface area contributed by atoms with E-state index in [9.17, 15) is 53.5 Å². The number of rotatable bonds is 12. The summed E-state index contributed by atoms with van der Waals surface area (Å²) in [6, 6.07) is 13.9. The Hall–Kier alpha value is -9.98. The highest BCUT2D eigenvalue weighted by atomic mass is 32.1. The fraction of sp³-hybridized carbons (Fsp3) is 0.185. The summed E-state index contributed by atoms with van der Waals surface area (Å²) in [7, 11) is 0. The number of anilines is 2. The Kier molecular flexibility index (Phi) is 16.6. The van der Waals surface area contributed by atoms with Crippen molar-refractivity contribution in [2.24, 2.45) is 0 Å². The molecule has 0 aliphatic rings.